The average Bonchev–Trinajstić information content (AvgIpc) is 3.09. The molecule has 0 saturated carbocycles. The quantitative estimate of drug-likeness (QED) is 0.0451. The van der Waals surface area contributed by atoms with Crippen molar-refractivity contribution in [3.63, 3.8) is 0 Å². The number of carbonyl (C=O) groups excluding carboxylic acids is 1. The summed E-state index contributed by atoms with van der Waals surface area (Å²) in [5.74, 6) is -0.0686. The number of aliphatic hydroxyl groups excluding tert-OH is 2. The standard InChI is InChI=1S/C44H83NO3/c1-3-5-7-9-11-13-15-17-19-21-22-24-26-28-30-32-34-36-38-40-44(48)45-42(41-46)43(47)39-37-35-33-31-29-27-25-23-20-18-16-14-12-10-8-6-4-2/h11,13,17,19,37,39,42-43,46-47H,3-10,12,14-16,18,20-36,38,40-41H2,1-2H3,(H,45,48)/b13-11-,19-17-,39-37+. The van der Waals surface area contributed by atoms with Crippen LogP contribution in [0, 0.1) is 0 Å². The highest BCUT2D eigenvalue weighted by Crippen LogP contribution is 2.15. The first kappa shape index (κ1) is 46.6. The van der Waals surface area contributed by atoms with Crippen LogP contribution in [0.25, 0.3) is 0 Å². The van der Waals surface area contributed by atoms with E-state index in [1.807, 2.05) is 6.08 Å². The van der Waals surface area contributed by atoms with Crippen LogP contribution in [0.2, 0.25) is 0 Å². The minimum absolute atomic E-state index is 0.0686. The molecule has 0 aliphatic carbocycles. The highest BCUT2D eigenvalue weighted by atomic mass is 16.3. The molecular weight excluding hydrogens is 590 g/mol. The molecule has 4 heteroatoms. The van der Waals surface area contributed by atoms with Gasteiger partial charge in [-0.05, 0) is 51.4 Å². The Balaban J connectivity index is 3.59. The van der Waals surface area contributed by atoms with Crippen LogP contribution in [0.4, 0.5) is 0 Å². The molecular formula is C44H83NO3. The summed E-state index contributed by atoms with van der Waals surface area (Å²) in [6, 6.07) is -0.623. The predicted molar refractivity (Wildman–Crippen MR) is 212 cm³/mol. The number of amides is 1. The maximum absolute atomic E-state index is 12.4. The van der Waals surface area contributed by atoms with E-state index in [2.05, 4.69) is 43.5 Å². The summed E-state index contributed by atoms with van der Waals surface area (Å²) < 4.78 is 0. The number of unbranched alkanes of at least 4 members (excludes halogenated alkanes) is 27. The summed E-state index contributed by atoms with van der Waals surface area (Å²) in [5.41, 5.74) is 0. The summed E-state index contributed by atoms with van der Waals surface area (Å²) in [7, 11) is 0. The van der Waals surface area contributed by atoms with Gasteiger partial charge in [0.25, 0.3) is 0 Å². The molecule has 0 aliphatic rings. The van der Waals surface area contributed by atoms with Crippen molar-refractivity contribution in [3.05, 3.63) is 36.5 Å². The topological polar surface area (TPSA) is 69.6 Å². The molecule has 1 amide bonds. The normalized spacial score (nSPS) is 13.3. The van der Waals surface area contributed by atoms with Gasteiger partial charge < -0.3 is 15.5 Å². The Morgan fingerprint density at radius 1 is 0.500 bits per heavy atom. The van der Waals surface area contributed by atoms with Crippen molar-refractivity contribution in [2.75, 3.05) is 6.61 Å². The van der Waals surface area contributed by atoms with E-state index in [4.69, 9.17) is 0 Å². The Morgan fingerprint density at radius 3 is 1.29 bits per heavy atom. The number of hydrogen-bond donors (Lipinski definition) is 3. The third-order valence-electron chi connectivity index (χ3n) is 9.62. The van der Waals surface area contributed by atoms with Gasteiger partial charge in [-0.1, -0.05) is 198 Å². The van der Waals surface area contributed by atoms with Crippen LogP contribution in [0.15, 0.2) is 36.5 Å². The fourth-order valence-electron chi connectivity index (χ4n) is 6.33. The molecule has 0 radical (unpaired) electrons. The Morgan fingerprint density at radius 2 is 0.854 bits per heavy atom. The Bertz CT molecular complexity index is 731. The second-order valence-electron chi connectivity index (χ2n) is 14.4. The second-order valence-corrected chi connectivity index (χ2v) is 14.4. The lowest BCUT2D eigenvalue weighted by molar-refractivity contribution is -0.123. The zero-order chi connectivity index (χ0) is 35.0. The molecule has 0 aromatic carbocycles. The van der Waals surface area contributed by atoms with Crippen molar-refractivity contribution in [1.29, 1.82) is 0 Å². The fraction of sp³-hybridized carbons (Fsp3) is 0.841. The molecule has 0 aromatic rings. The second kappa shape index (κ2) is 40.0. The van der Waals surface area contributed by atoms with Crippen LogP contribution in [-0.2, 0) is 4.79 Å². The van der Waals surface area contributed by atoms with Gasteiger partial charge in [-0.2, -0.15) is 0 Å². The zero-order valence-electron chi connectivity index (χ0n) is 32.3. The first-order valence-electron chi connectivity index (χ1n) is 21.2. The lowest BCUT2D eigenvalue weighted by Gasteiger charge is -2.20. The van der Waals surface area contributed by atoms with E-state index >= 15 is 0 Å². The number of rotatable bonds is 38. The third-order valence-corrected chi connectivity index (χ3v) is 9.62. The molecule has 0 aromatic heterocycles. The SMILES string of the molecule is CCCCC/C=C\C/C=C\CCCCCCCCCCCC(=O)NC(CO)C(O)/C=C/CCCCCCCCCCCCCCCCC. The van der Waals surface area contributed by atoms with E-state index in [1.165, 1.54) is 167 Å². The molecule has 0 spiro atoms. The molecule has 282 valence electrons. The van der Waals surface area contributed by atoms with Gasteiger partial charge in [0, 0.05) is 6.42 Å². The fourth-order valence-corrected chi connectivity index (χ4v) is 6.33. The Hall–Kier alpha value is -1.39. The molecule has 0 aliphatic heterocycles. The number of nitrogens with one attached hydrogen (secondary N) is 1. The lowest BCUT2D eigenvalue weighted by Crippen LogP contribution is -2.45. The van der Waals surface area contributed by atoms with E-state index < -0.39 is 12.1 Å². The van der Waals surface area contributed by atoms with Crippen molar-refractivity contribution in [1.82, 2.24) is 5.32 Å². The number of hydrogen-bond acceptors (Lipinski definition) is 3. The van der Waals surface area contributed by atoms with Crippen LogP contribution in [0.5, 0.6) is 0 Å². The number of allylic oxidation sites excluding steroid dienone is 5. The summed E-state index contributed by atoms with van der Waals surface area (Å²) in [4.78, 5) is 12.4. The van der Waals surface area contributed by atoms with Gasteiger partial charge in [0.05, 0.1) is 18.8 Å². The molecule has 0 heterocycles. The largest absolute Gasteiger partial charge is 0.394 e. The summed E-state index contributed by atoms with van der Waals surface area (Å²) >= 11 is 0. The molecule has 0 fully saturated rings. The van der Waals surface area contributed by atoms with Crippen molar-refractivity contribution >= 4 is 5.91 Å². The smallest absolute Gasteiger partial charge is 0.220 e. The van der Waals surface area contributed by atoms with E-state index in [0.717, 1.165) is 32.1 Å². The van der Waals surface area contributed by atoms with E-state index in [-0.39, 0.29) is 12.5 Å². The summed E-state index contributed by atoms with van der Waals surface area (Å²) in [6.45, 7) is 4.29. The van der Waals surface area contributed by atoms with Gasteiger partial charge in [-0.15, -0.1) is 0 Å². The summed E-state index contributed by atoms with van der Waals surface area (Å²) in [5, 5.41) is 23.0. The number of carbonyl (C=O) groups is 1. The molecule has 2 unspecified atom stereocenters. The molecule has 48 heavy (non-hydrogen) atoms. The maximum atomic E-state index is 12.4. The zero-order valence-corrected chi connectivity index (χ0v) is 32.3. The van der Waals surface area contributed by atoms with Crippen molar-refractivity contribution in [3.8, 4) is 0 Å². The molecule has 0 bridgehead atoms. The Labute approximate surface area is 300 Å². The third kappa shape index (κ3) is 35.9. The predicted octanol–water partition coefficient (Wildman–Crippen LogP) is 13.0. The first-order valence-corrected chi connectivity index (χ1v) is 21.2. The van der Waals surface area contributed by atoms with Gasteiger partial charge in [0.15, 0.2) is 0 Å². The Kier molecular flexibility index (Phi) is 38.9. The van der Waals surface area contributed by atoms with Gasteiger partial charge in [0.1, 0.15) is 0 Å². The number of aliphatic hydroxyl groups is 2. The highest BCUT2D eigenvalue weighted by Gasteiger charge is 2.17. The maximum Gasteiger partial charge on any atom is 0.220 e. The van der Waals surface area contributed by atoms with Crippen LogP contribution < -0.4 is 5.32 Å². The van der Waals surface area contributed by atoms with E-state index in [0.29, 0.717) is 6.42 Å². The highest BCUT2D eigenvalue weighted by molar-refractivity contribution is 5.76. The molecule has 0 rings (SSSR count). The molecule has 0 saturated heterocycles. The van der Waals surface area contributed by atoms with Crippen LogP contribution in [0.3, 0.4) is 0 Å². The minimum Gasteiger partial charge on any atom is -0.394 e. The van der Waals surface area contributed by atoms with Gasteiger partial charge in [-0.25, -0.2) is 0 Å². The van der Waals surface area contributed by atoms with E-state index in [9.17, 15) is 15.0 Å². The van der Waals surface area contributed by atoms with Crippen molar-refractivity contribution < 1.29 is 15.0 Å². The molecule has 4 nitrogen and oxygen atoms in total. The molecule has 2 atom stereocenters. The van der Waals surface area contributed by atoms with Gasteiger partial charge >= 0.3 is 0 Å². The van der Waals surface area contributed by atoms with E-state index in [1.54, 1.807) is 6.08 Å². The summed E-state index contributed by atoms with van der Waals surface area (Å²) in [6.07, 6.45) is 52.4. The van der Waals surface area contributed by atoms with Crippen LogP contribution >= 0.6 is 0 Å². The average molecular weight is 674 g/mol. The van der Waals surface area contributed by atoms with Crippen LogP contribution in [0.1, 0.15) is 219 Å². The monoisotopic (exact) mass is 674 g/mol. The molecule has 3 N–H and O–H groups in total. The minimum atomic E-state index is -0.839. The van der Waals surface area contributed by atoms with Gasteiger partial charge in [-0.3, -0.25) is 4.79 Å². The van der Waals surface area contributed by atoms with Gasteiger partial charge in [0.2, 0.25) is 5.91 Å². The lowest BCUT2D eigenvalue weighted by atomic mass is 10.0. The van der Waals surface area contributed by atoms with Crippen molar-refractivity contribution in [2.45, 2.75) is 231 Å². The first-order chi connectivity index (χ1) is 23.7. The van der Waals surface area contributed by atoms with Crippen LogP contribution in [-0.4, -0.2) is 34.9 Å². The van der Waals surface area contributed by atoms with Crippen molar-refractivity contribution in [2.24, 2.45) is 0 Å².